The molecule has 1 heterocycles. The number of imidazole rings is 1. The Morgan fingerprint density at radius 1 is 1.26 bits per heavy atom. The fourth-order valence-corrected chi connectivity index (χ4v) is 2.05. The lowest BCUT2D eigenvalue weighted by atomic mass is 10.1. The Hall–Kier alpha value is -1.87. The minimum Gasteiger partial charge on any atom is -0.396 e. The van der Waals surface area contributed by atoms with Crippen molar-refractivity contribution in [1.29, 1.82) is 0 Å². The Morgan fingerprint density at radius 2 is 2.00 bits per heavy atom. The van der Waals surface area contributed by atoms with Gasteiger partial charge in [-0.25, -0.2) is 4.98 Å². The van der Waals surface area contributed by atoms with Crippen LogP contribution in [-0.4, -0.2) is 21.3 Å². The van der Waals surface area contributed by atoms with Crippen LogP contribution in [0, 0.1) is 0 Å². The van der Waals surface area contributed by atoms with Crippen molar-refractivity contribution in [2.45, 2.75) is 26.8 Å². The Morgan fingerprint density at radius 3 is 2.63 bits per heavy atom. The third-order valence-electron chi connectivity index (χ3n) is 2.91. The first kappa shape index (κ1) is 13.6. The monoisotopic (exact) mass is 256 g/mol. The maximum Gasteiger partial charge on any atom is 0.0958 e. The van der Waals surface area contributed by atoms with Gasteiger partial charge in [0.05, 0.1) is 17.7 Å². The van der Waals surface area contributed by atoms with Crippen LogP contribution in [0.5, 0.6) is 0 Å². The highest BCUT2D eigenvalue weighted by atomic mass is 16.3. The summed E-state index contributed by atoms with van der Waals surface area (Å²) in [5, 5.41) is 8.98. The zero-order valence-corrected chi connectivity index (χ0v) is 11.5. The van der Waals surface area contributed by atoms with E-state index in [0.717, 1.165) is 29.9 Å². The molecular weight excluding hydrogens is 236 g/mol. The summed E-state index contributed by atoms with van der Waals surface area (Å²) in [7, 11) is 0. The van der Waals surface area contributed by atoms with Gasteiger partial charge in [-0.05, 0) is 26.3 Å². The van der Waals surface area contributed by atoms with Crippen molar-refractivity contribution in [3.63, 3.8) is 0 Å². The van der Waals surface area contributed by atoms with Gasteiger partial charge in [0.25, 0.3) is 0 Å². The van der Waals surface area contributed by atoms with E-state index in [2.05, 4.69) is 41.6 Å². The molecule has 0 saturated heterocycles. The summed E-state index contributed by atoms with van der Waals surface area (Å²) < 4.78 is 2.10. The standard InChI is InChI=1S/C16H20N2O/c1-13(2)11-15-16(14-7-4-3-5-8-14)17-12-18(15)9-6-10-19/h3-5,7-8,11-12,19H,6,9-10H2,1-2H3. The highest BCUT2D eigenvalue weighted by Gasteiger charge is 2.10. The number of hydrogen-bond donors (Lipinski definition) is 1. The van der Waals surface area contributed by atoms with Gasteiger partial charge in [-0.2, -0.15) is 0 Å². The molecule has 0 saturated carbocycles. The van der Waals surface area contributed by atoms with E-state index < -0.39 is 0 Å². The summed E-state index contributed by atoms with van der Waals surface area (Å²) in [4.78, 5) is 4.53. The van der Waals surface area contributed by atoms with Crippen molar-refractivity contribution < 1.29 is 5.11 Å². The van der Waals surface area contributed by atoms with Gasteiger partial charge in [-0.3, -0.25) is 0 Å². The van der Waals surface area contributed by atoms with Gasteiger partial charge in [0.15, 0.2) is 0 Å². The maximum atomic E-state index is 8.98. The van der Waals surface area contributed by atoms with Crippen molar-refractivity contribution in [3.05, 3.63) is 47.9 Å². The number of hydrogen-bond acceptors (Lipinski definition) is 2. The molecule has 19 heavy (non-hydrogen) atoms. The second kappa shape index (κ2) is 6.34. The molecule has 0 aliphatic carbocycles. The molecule has 3 heteroatoms. The highest BCUT2D eigenvalue weighted by molar-refractivity contribution is 5.70. The number of benzene rings is 1. The molecule has 0 fully saturated rings. The van der Waals surface area contributed by atoms with Crippen LogP contribution < -0.4 is 0 Å². The van der Waals surface area contributed by atoms with Crippen LogP contribution in [-0.2, 0) is 6.54 Å². The fourth-order valence-electron chi connectivity index (χ4n) is 2.05. The van der Waals surface area contributed by atoms with Gasteiger partial charge >= 0.3 is 0 Å². The predicted octanol–water partition coefficient (Wildman–Crippen LogP) is 3.36. The minimum absolute atomic E-state index is 0.201. The van der Waals surface area contributed by atoms with E-state index in [0.29, 0.717) is 0 Å². The van der Waals surface area contributed by atoms with Crippen molar-refractivity contribution in [2.24, 2.45) is 0 Å². The Kier molecular flexibility index (Phi) is 4.53. The summed E-state index contributed by atoms with van der Waals surface area (Å²) >= 11 is 0. The summed E-state index contributed by atoms with van der Waals surface area (Å²) in [6.07, 6.45) is 4.74. The smallest absolute Gasteiger partial charge is 0.0958 e. The lowest BCUT2D eigenvalue weighted by Crippen LogP contribution is -2.01. The van der Waals surface area contributed by atoms with Gasteiger partial charge < -0.3 is 9.67 Å². The zero-order valence-electron chi connectivity index (χ0n) is 11.5. The first-order valence-corrected chi connectivity index (χ1v) is 6.58. The van der Waals surface area contributed by atoms with E-state index >= 15 is 0 Å². The molecule has 0 radical (unpaired) electrons. The molecule has 100 valence electrons. The van der Waals surface area contributed by atoms with Crippen molar-refractivity contribution >= 4 is 6.08 Å². The Labute approximate surface area is 114 Å². The van der Waals surface area contributed by atoms with Crippen LogP contribution in [0.2, 0.25) is 0 Å². The van der Waals surface area contributed by atoms with E-state index in [4.69, 9.17) is 5.11 Å². The van der Waals surface area contributed by atoms with E-state index in [-0.39, 0.29) is 6.61 Å². The van der Waals surface area contributed by atoms with Crippen LogP contribution in [0.1, 0.15) is 26.0 Å². The first-order valence-electron chi connectivity index (χ1n) is 6.58. The molecule has 0 unspecified atom stereocenters. The van der Waals surface area contributed by atoms with Gasteiger partial charge in [0, 0.05) is 18.7 Å². The number of nitrogens with zero attached hydrogens (tertiary/aromatic N) is 2. The number of aliphatic hydroxyl groups is 1. The minimum atomic E-state index is 0.201. The topological polar surface area (TPSA) is 38.0 Å². The molecular formula is C16H20N2O. The molecule has 2 rings (SSSR count). The average molecular weight is 256 g/mol. The highest BCUT2D eigenvalue weighted by Crippen LogP contribution is 2.24. The third kappa shape index (κ3) is 3.32. The zero-order chi connectivity index (χ0) is 13.7. The first-order chi connectivity index (χ1) is 9.22. The van der Waals surface area contributed by atoms with Crippen LogP contribution in [0.25, 0.3) is 17.3 Å². The van der Waals surface area contributed by atoms with Crippen molar-refractivity contribution in [2.75, 3.05) is 6.61 Å². The van der Waals surface area contributed by atoms with E-state index in [1.54, 1.807) is 0 Å². The quantitative estimate of drug-likeness (QED) is 0.890. The van der Waals surface area contributed by atoms with Crippen molar-refractivity contribution in [3.8, 4) is 11.3 Å². The summed E-state index contributed by atoms with van der Waals surface area (Å²) in [5.41, 5.74) is 4.47. The van der Waals surface area contributed by atoms with Crippen LogP contribution in [0.3, 0.4) is 0 Å². The van der Waals surface area contributed by atoms with Gasteiger partial charge in [0.1, 0.15) is 0 Å². The SMILES string of the molecule is CC(C)=Cc1c(-c2ccccc2)ncn1CCCO. The largest absolute Gasteiger partial charge is 0.396 e. The predicted molar refractivity (Wildman–Crippen MR) is 78.7 cm³/mol. The number of allylic oxidation sites excluding steroid dienone is 1. The maximum absolute atomic E-state index is 8.98. The molecule has 0 bridgehead atoms. The van der Waals surface area contributed by atoms with Crippen LogP contribution >= 0.6 is 0 Å². The molecule has 0 aliphatic rings. The normalized spacial score (nSPS) is 10.5. The second-order valence-corrected chi connectivity index (χ2v) is 4.84. The van der Waals surface area contributed by atoms with Gasteiger partial charge in [-0.1, -0.05) is 35.9 Å². The third-order valence-corrected chi connectivity index (χ3v) is 2.91. The lowest BCUT2D eigenvalue weighted by molar-refractivity contribution is 0.279. The molecule has 1 N–H and O–H groups in total. The average Bonchev–Trinajstić information content (AvgIpc) is 2.79. The number of aryl methyl sites for hydroxylation is 1. The van der Waals surface area contributed by atoms with E-state index in [1.807, 2.05) is 24.5 Å². The molecule has 2 aromatic rings. The molecule has 0 amide bonds. The van der Waals surface area contributed by atoms with E-state index in [9.17, 15) is 0 Å². The fraction of sp³-hybridized carbons (Fsp3) is 0.312. The Bertz CT molecular complexity index is 551. The number of aliphatic hydroxyl groups excluding tert-OH is 1. The summed E-state index contributed by atoms with van der Waals surface area (Å²) in [6, 6.07) is 10.2. The van der Waals surface area contributed by atoms with Gasteiger partial charge in [-0.15, -0.1) is 0 Å². The van der Waals surface area contributed by atoms with Crippen LogP contribution in [0.15, 0.2) is 42.2 Å². The molecule has 0 atom stereocenters. The summed E-state index contributed by atoms with van der Waals surface area (Å²) in [6.45, 7) is 5.15. The van der Waals surface area contributed by atoms with Gasteiger partial charge in [0.2, 0.25) is 0 Å². The van der Waals surface area contributed by atoms with E-state index in [1.165, 1.54) is 5.57 Å². The molecule has 0 spiro atoms. The number of aromatic nitrogens is 2. The Balaban J connectivity index is 2.44. The summed E-state index contributed by atoms with van der Waals surface area (Å²) in [5.74, 6) is 0. The lowest BCUT2D eigenvalue weighted by Gasteiger charge is -2.06. The molecule has 1 aromatic heterocycles. The molecule has 1 aromatic carbocycles. The number of rotatable bonds is 5. The van der Waals surface area contributed by atoms with Crippen LogP contribution in [0.4, 0.5) is 0 Å². The second-order valence-electron chi connectivity index (χ2n) is 4.84. The molecule has 0 aliphatic heterocycles. The van der Waals surface area contributed by atoms with Crippen molar-refractivity contribution in [1.82, 2.24) is 9.55 Å². The molecule has 3 nitrogen and oxygen atoms in total.